The highest BCUT2D eigenvalue weighted by Gasteiger charge is 2.34. The molecular formula is C26H29F4N3O2S. The van der Waals surface area contributed by atoms with Gasteiger partial charge in [-0.25, -0.2) is 4.98 Å². The molecule has 0 aliphatic rings. The van der Waals surface area contributed by atoms with E-state index in [-0.39, 0.29) is 22.1 Å². The van der Waals surface area contributed by atoms with Crippen molar-refractivity contribution >= 4 is 28.1 Å². The largest absolute Gasteiger partial charge is 0.444 e. The quantitative estimate of drug-likeness (QED) is 0.104. The molecule has 0 radical (unpaired) electrons. The van der Waals surface area contributed by atoms with E-state index in [0.29, 0.717) is 29.7 Å². The molecule has 0 fully saturated rings. The van der Waals surface area contributed by atoms with E-state index < -0.39 is 29.6 Å². The number of unbranched alkanes of at least 4 members (excludes halogenated alkanes) is 5. The van der Waals surface area contributed by atoms with Gasteiger partial charge in [-0.3, -0.25) is 14.7 Å². The number of aryl methyl sites for hydroxylation is 1. The third-order valence-electron chi connectivity index (χ3n) is 5.65. The number of alkyl halides is 3. The van der Waals surface area contributed by atoms with Gasteiger partial charge in [-0.15, -0.1) is 0 Å². The Labute approximate surface area is 212 Å². The van der Waals surface area contributed by atoms with Crippen LogP contribution in [0.1, 0.15) is 63.5 Å². The number of hydrogen-bond donors (Lipinski definition) is 0. The second-order valence-corrected chi connectivity index (χ2v) is 9.34. The van der Waals surface area contributed by atoms with Crippen LogP contribution in [0.5, 0.6) is 0 Å². The van der Waals surface area contributed by atoms with Crippen molar-refractivity contribution in [3.8, 4) is 11.3 Å². The minimum atomic E-state index is -4.57. The monoisotopic (exact) mass is 523 g/mol. The van der Waals surface area contributed by atoms with Gasteiger partial charge >= 0.3 is 12.1 Å². The number of aromatic nitrogens is 2. The zero-order valence-electron chi connectivity index (χ0n) is 20.3. The molecule has 2 heterocycles. The first-order valence-corrected chi connectivity index (χ1v) is 12.7. The molecule has 0 saturated heterocycles. The summed E-state index contributed by atoms with van der Waals surface area (Å²) < 4.78 is 61.8. The lowest BCUT2D eigenvalue weighted by Gasteiger charge is -2.23. The fourth-order valence-electron chi connectivity index (χ4n) is 3.79. The molecule has 0 atom stereocenters. The minimum absolute atomic E-state index is 0.0201. The van der Waals surface area contributed by atoms with Crippen LogP contribution in [0.4, 0.5) is 28.4 Å². The maximum atomic E-state index is 14.8. The first-order valence-electron chi connectivity index (χ1n) is 11.9. The van der Waals surface area contributed by atoms with E-state index in [0.717, 1.165) is 38.2 Å². The smallest absolute Gasteiger partial charge is 0.416 e. The summed E-state index contributed by atoms with van der Waals surface area (Å²) in [5.74, 6) is -0.625. The molecule has 5 nitrogen and oxygen atoms in total. The number of hydrogen-bond acceptors (Lipinski definition) is 6. The Kier molecular flexibility index (Phi) is 9.81. The summed E-state index contributed by atoms with van der Waals surface area (Å²) in [6.07, 6.45) is 4.55. The minimum Gasteiger partial charge on any atom is -0.444 e. The van der Waals surface area contributed by atoms with Crippen LogP contribution in [0.15, 0.2) is 42.7 Å². The average molecular weight is 524 g/mol. The van der Waals surface area contributed by atoms with E-state index in [4.69, 9.17) is 4.74 Å². The van der Waals surface area contributed by atoms with E-state index in [9.17, 15) is 22.4 Å². The number of carbonyl (C=O) groups excluding carboxylic acids is 1. The van der Waals surface area contributed by atoms with Crippen molar-refractivity contribution < 1.29 is 27.1 Å². The fourth-order valence-corrected chi connectivity index (χ4v) is 4.62. The molecule has 194 valence electrons. The average Bonchev–Trinajstić information content (AvgIpc) is 3.22. The number of esters is 1. The van der Waals surface area contributed by atoms with Gasteiger partial charge in [-0.1, -0.05) is 56.4 Å². The Balaban J connectivity index is 1.91. The van der Waals surface area contributed by atoms with Crippen molar-refractivity contribution in [1.29, 1.82) is 0 Å². The number of carbonyl (C=O) groups is 1. The van der Waals surface area contributed by atoms with Gasteiger partial charge < -0.3 is 4.74 Å². The van der Waals surface area contributed by atoms with Crippen molar-refractivity contribution in [3.05, 3.63) is 59.0 Å². The van der Waals surface area contributed by atoms with Gasteiger partial charge in [0.15, 0.2) is 11.9 Å². The van der Waals surface area contributed by atoms with Gasteiger partial charge in [-0.05, 0) is 42.7 Å². The van der Waals surface area contributed by atoms with Gasteiger partial charge in [0.2, 0.25) is 5.13 Å². The van der Waals surface area contributed by atoms with Crippen LogP contribution in [-0.4, -0.2) is 22.7 Å². The van der Waals surface area contributed by atoms with E-state index in [1.807, 2.05) is 0 Å². The second kappa shape index (κ2) is 12.8. The molecule has 0 unspecified atom stereocenters. The highest BCUT2D eigenvalue weighted by atomic mass is 32.1. The van der Waals surface area contributed by atoms with Crippen molar-refractivity contribution in [3.63, 3.8) is 0 Å². The first-order chi connectivity index (χ1) is 17.2. The summed E-state index contributed by atoms with van der Waals surface area (Å²) in [5, 5.41) is -0.564. The topological polar surface area (TPSA) is 55.3 Å². The van der Waals surface area contributed by atoms with E-state index >= 15 is 0 Å². The van der Waals surface area contributed by atoms with Crippen LogP contribution in [0.25, 0.3) is 11.3 Å². The van der Waals surface area contributed by atoms with Gasteiger partial charge in [0.25, 0.3) is 0 Å². The Morgan fingerprint density at radius 1 is 1.11 bits per heavy atom. The summed E-state index contributed by atoms with van der Waals surface area (Å²) in [7, 11) is 0. The Morgan fingerprint density at radius 3 is 2.53 bits per heavy atom. The van der Waals surface area contributed by atoms with Gasteiger partial charge in [0.1, 0.15) is 5.69 Å². The van der Waals surface area contributed by atoms with Crippen LogP contribution in [0.3, 0.4) is 0 Å². The van der Waals surface area contributed by atoms with Crippen LogP contribution in [-0.2, 0) is 22.1 Å². The number of benzene rings is 1. The van der Waals surface area contributed by atoms with E-state index in [1.165, 1.54) is 36.4 Å². The molecule has 10 heteroatoms. The number of nitrogens with zero attached hydrogens (tertiary/aromatic N) is 3. The maximum Gasteiger partial charge on any atom is 0.416 e. The predicted molar refractivity (Wildman–Crippen MR) is 133 cm³/mol. The van der Waals surface area contributed by atoms with Crippen molar-refractivity contribution in [2.45, 2.75) is 65.0 Å². The standard InChI is InChI=1S/C26H29F4N3O2S/c1-3-4-5-6-7-8-10-19-12-13-21(15-22(19)26(28,29)30)33(17-35-18(2)34)25-32-23(24(27)36-25)20-11-9-14-31-16-20/h9,11-16H,3-8,10,17H2,1-2H3. The second-order valence-electron chi connectivity index (χ2n) is 8.41. The highest BCUT2D eigenvalue weighted by Crippen LogP contribution is 2.39. The molecular weight excluding hydrogens is 494 g/mol. The first kappa shape index (κ1) is 27.6. The third kappa shape index (κ3) is 7.49. The molecule has 0 saturated carbocycles. The molecule has 0 N–H and O–H groups in total. The van der Waals surface area contributed by atoms with Crippen molar-refractivity contribution in [2.24, 2.45) is 0 Å². The zero-order valence-corrected chi connectivity index (χ0v) is 21.1. The summed E-state index contributed by atoms with van der Waals surface area (Å²) in [6.45, 7) is 2.89. The lowest BCUT2D eigenvalue weighted by atomic mass is 9.99. The number of halogens is 4. The summed E-state index contributed by atoms with van der Waals surface area (Å²) in [5.41, 5.74) is -0.00920. The molecule has 0 aliphatic heterocycles. The van der Waals surface area contributed by atoms with Crippen LogP contribution < -0.4 is 4.90 Å². The van der Waals surface area contributed by atoms with Crippen molar-refractivity contribution in [1.82, 2.24) is 9.97 Å². The summed E-state index contributed by atoms with van der Waals surface area (Å²) in [6, 6.07) is 7.23. The lowest BCUT2D eigenvalue weighted by Crippen LogP contribution is -2.23. The molecule has 3 rings (SSSR count). The predicted octanol–water partition coefficient (Wildman–Crippen LogP) is 7.92. The Morgan fingerprint density at radius 2 is 1.86 bits per heavy atom. The Bertz CT molecular complexity index is 1140. The van der Waals surface area contributed by atoms with Crippen molar-refractivity contribution in [2.75, 3.05) is 11.6 Å². The molecule has 36 heavy (non-hydrogen) atoms. The summed E-state index contributed by atoms with van der Waals surface area (Å²) >= 11 is 0.652. The van der Waals surface area contributed by atoms with Crippen LogP contribution >= 0.6 is 11.3 Å². The summed E-state index contributed by atoms with van der Waals surface area (Å²) in [4.78, 5) is 21.0. The molecule has 0 bridgehead atoms. The van der Waals surface area contributed by atoms with E-state index in [2.05, 4.69) is 16.9 Å². The van der Waals surface area contributed by atoms with Gasteiger partial charge in [0.05, 0.1) is 5.56 Å². The molecule has 0 amide bonds. The molecule has 3 aromatic rings. The number of pyridine rings is 1. The molecule has 2 aromatic heterocycles. The molecule has 0 aliphatic carbocycles. The lowest BCUT2D eigenvalue weighted by molar-refractivity contribution is -0.141. The molecule has 1 aromatic carbocycles. The number of ether oxygens (including phenoxy) is 1. The van der Waals surface area contributed by atoms with Gasteiger partial charge in [0, 0.05) is 30.6 Å². The van der Waals surface area contributed by atoms with E-state index in [1.54, 1.807) is 12.1 Å². The number of thiazole rings is 1. The maximum absolute atomic E-state index is 14.8. The SMILES string of the molecule is CCCCCCCCc1ccc(N(COC(C)=O)c2nc(-c3cccnc3)c(F)s2)cc1C(F)(F)F. The van der Waals surface area contributed by atoms with Crippen LogP contribution in [0, 0.1) is 5.13 Å². The Hall–Kier alpha value is -3.01. The number of anilines is 2. The number of rotatable bonds is 12. The fraction of sp³-hybridized carbons (Fsp3) is 0.423. The normalized spacial score (nSPS) is 11.5. The zero-order chi connectivity index (χ0) is 26.1. The van der Waals surface area contributed by atoms with Gasteiger partial charge in [-0.2, -0.15) is 17.6 Å². The molecule has 0 spiro atoms. The highest BCUT2D eigenvalue weighted by molar-refractivity contribution is 7.14. The third-order valence-corrected chi connectivity index (χ3v) is 6.51. The van der Waals surface area contributed by atoms with Crippen LogP contribution in [0.2, 0.25) is 0 Å².